The highest BCUT2D eigenvalue weighted by atomic mass is 16.5. The van der Waals surface area contributed by atoms with Crippen LogP contribution in [-0.2, 0) is 4.74 Å². The van der Waals surface area contributed by atoms with Crippen LogP contribution in [0.15, 0.2) is 24.3 Å². The zero-order valence-electron chi connectivity index (χ0n) is 8.99. The molecule has 1 rings (SSSR count). The fourth-order valence-electron chi connectivity index (χ4n) is 1.18. The first-order valence-corrected chi connectivity index (χ1v) is 4.92. The second kappa shape index (κ2) is 5.36. The number of rotatable bonds is 3. The molecule has 0 aliphatic heterocycles. The molecule has 0 aliphatic carbocycles. The molecular weight excluding hydrogens is 192 g/mol. The Morgan fingerprint density at radius 3 is 2.93 bits per heavy atom. The van der Waals surface area contributed by atoms with Crippen molar-refractivity contribution >= 4 is 11.8 Å². The van der Waals surface area contributed by atoms with Gasteiger partial charge in [-0.05, 0) is 31.5 Å². The van der Waals surface area contributed by atoms with Crippen LogP contribution in [0.4, 0.5) is 10.5 Å². The molecule has 0 saturated carbocycles. The van der Waals surface area contributed by atoms with E-state index in [-0.39, 0.29) is 6.04 Å². The summed E-state index contributed by atoms with van der Waals surface area (Å²) >= 11 is 0. The van der Waals surface area contributed by atoms with E-state index in [0.29, 0.717) is 12.3 Å². The summed E-state index contributed by atoms with van der Waals surface area (Å²) in [6.45, 7) is 4.01. The number of carbonyl (C=O) groups is 1. The first-order chi connectivity index (χ1) is 7.13. The lowest BCUT2D eigenvalue weighted by atomic mass is 10.1. The van der Waals surface area contributed by atoms with Crippen LogP contribution in [0, 0.1) is 0 Å². The smallest absolute Gasteiger partial charge is 0.411 e. The Morgan fingerprint density at radius 1 is 1.60 bits per heavy atom. The summed E-state index contributed by atoms with van der Waals surface area (Å²) < 4.78 is 4.76. The normalized spacial score (nSPS) is 11.9. The van der Waals surface area contributed by atoms with Gasteiger partial charge in [0.05, 0.1) is 6.61 Å². The van der Waals surface area contributed by atoms with Crippen LogP contribution in [-0.4, -0.2) is 12.7 Å². The predicted octanol–water partition coefficient (Wildman–Crippen LogP) is 2.27. The number of carbonyl (C=O) groups excluding carboxylic acids is 1. The van der Waals surface area contributed by atoms with Crippen LogP contribution in [0.1, 0.15) is 25.5 Å². The zero-order chi connectivity index (χ0) is 11.3. The van der Waals surface area contributed by atoms with Gasteiger partial charge < -0.3 is 10.5 Å². The van der Waals surface area contributed by atoms with E-state index in [1.54, 1.807) is 13.0 Å². The Hall–Kier alpha value is -1.55. The maximum atomic E-state index is 11.1. The van der Waals surface area contributed by atoms with Crippen molar-refractivity contribution < 1.29 is 9.53 Å². The Bertz CT molecular complexity index is 337. The lowest BCUT2D eigenvalue weighted by Gasteiger charge is -2.09. The lowest BCUT2D eigenvalue weighted by molar-refractivity contribution is 0.168. The topological polar surface area (TPSA) is 64.3 Å². The van der Waals surface area contributed by atoms with Crippen molar-refractivity contribution in [2.45, 2.75) is 19.9 Å². The molecule has 1 amide bonds. The average Bonchev–Trinajstić information content (AvgIpc) is 2.18. The summed E-state index contributed by atoms with van der Waals surface area (Å²) in [6.07, 6.45) is -0.445. The molecule has 1 atom stereocenters. The molecule has 15 heavy (non-hydrogen) atoms. The molecule has 82 valence electrons. The van der Waals surface area contributed by atoms with E-state index < -0.39 is 6.09 Å². The SMILES string of the molecule is CCOC(=O)Nc1cccc(C(C)N)c1. The Labute approximate surface area is 89.4 Å². The van der Waals surface area contributed by atoms with Crippen LogP contribution in [0.3, 0.4) is 0 Å². The molecule has 3 N–H and O–H groups in total. The van der Waals surface area contributed by atoms with Crippen molar-refractivity contribution in [3.05, 3.63) is 29.8 Å². The third-order valence-corrected chi connectivity index (χ3v) is 1.93. The number of hydrogen-bond donors (Lipinski definition) is 2. The molecule has 0 aliphatic rings. The molecular formula is C11H16N2O2. The summed E-state index contributed by atoms with van der Waals surface area (Å²) in [7, 11) is 0. The monoisotopic (exact) mass is 208 g/mol. The predicted molar refractivity (Wildman–Crippen MR) is 59.7 cm³/mol. The number of nitrogens with two attached hydrogens (primary N) is 1. The van der Waals surface area contributed by atoms with Crippen LogP contribution >= 0.6 is 0 Å². The van der Waals surface area contributed by atoms with Gasteiger partial charge >= 0.3 is 6.09 Å². The van der Waals surface area contributed by atoms with E-state index in [4.69, 9.17) is 10.5 Å². The van der Waals surface area contributed by atoms with Crippen molar-refractivity contribution in [1.29, 1.82) is 0 Å². The number of hydrogen-bond acceptors (Lipinski definition) is 3. The van der Waals surface area contributed by atoms with Gasteiger partial charge in [0.1, 0.15) is 0 Å². The van der Waals surface area contributed by atoms with Gasteiger partial charge in [-0.25, -0.2) is 4.79 Å². The minimum absolute atomic E-state index is 0.0473. The molecule has 0 bridgehead atoms. The third-order valence-electron chi connectivity index (χ3n) is 1.93. The van der Waals surface area contributed by atoms with Gasteiger partial charge in [-0.1, -0.05) is 12.1 Å². The fourth-order valence-corrected chi connectivity index (χ4v) is 1.18. The summed E-state index contributed by atoms with van der Waals surface area (Å²) in [5.41, 5.74) is 7.40. The van der Waals surface area contributed by atoms with Gasteiger partial charge in [-0.15, -0.1) is 0 Å². The van der Waals surface area contributed by atoms with E-state index in [1.165, 1.54) is 0 Å². The molecule has 0 heterocycles. The molecule has 1 unspecified atom stereocenters. The number of benzene rings is 1. The minimum Gasteiger partial charge on any atom is -0.450 e. The Balaban J connectivity index is 2.69. The fraction of sp³-hybridized carbons (Fsp3) is 0.364. The minimum atomic E-state index is -0.445. The second-order valence-electron chi connectivity index (χ2n) is 3.26. The molecule has 4 nitrogen and oxygen atoms in total. The molecule has 0 spiro atoms. The number of nitrogens with one attached hydrogen (secondary N) is 1. The maximum Gasteiger partial charge on any atom is 0.411 e. The van der Waals surface area contributed by atoms with Crippen LogP contribution in [0.25, 0.3) is 0 Å². The first-order valence-electron chi connectivity index (χ1n) is 4.92. The van der Waals surface area contributed by atoms with Crippen LogP contribution < -0.4 is 11.1 Å². The molecule has 1 aromatic carbocycles. The maximum absolute atomic E-state index is 11.1. The van der Waals surface area contributed by atoms with Gasteiger partial charge in [0, 0.05) is 11.7 Å². The van der Waals surface area contributed by atoms with E-state index in [1.807, 2.05) is 25.1 Å². The largest absolute Gasteiger partial charge is 0.450 e. The average molecular weight is 208 g/mol. The first kappa shape index (κ1) is 11.5. The van der Waals surface area contributed by atoms with Crippen molar-refractivity contribution in [3.63, 3.8) is 0 Å². The summed E-state index contributed by atoms with van der Waals surface area (Å²) in [6, 6.07) is 7.35. The van der Waals surface area contributed by atoms with E-state index in [9.17, 15) is 4.79 Å². The zero-order valence-corrected chi connectivity index (χ0v) is 8.99. The summed E-state index contributed by atoms with van der Waals surface area (Å²) in [5, 5.41) is 2.62. The van der Waals surface area contributed by atoms with Gasteiger partial charge in [-0.2, -0.15) is 0 Å². The van der Waals surface area contributed by atoms with Crippen molar-refractivity contribution in [2.24, 2.45) is 5.73 Å². The Kier molecular flexibility index (Phi) is 4.12. The highest BCUT2D eigenvalue weighted by molar-refractivity contribution is 5.84. The van der Waals surface area contributed by atoms with Crippen molar-refractivity contribution in [2.75, 3.05) is 11.9 Å². The van der Waals surface area contributed by atoms with Crippen molar-refractivity contribution in [3.8, 4) is 0 Å². The molecule has 0 aromatic heterocycles. The molecule has 0 radical (unpaired) electrons. The molecule has 4 heteroatoms. The quantitative estimate of drug-likeness (QED) is 0.800. The van der Waals surface area contributed by atoms with E-state index >= 15 is 0 Å². The highest BCUT2D eigenvalue weighted by Crippen LogP contribution is 2.15. The van der Waals surface area contributed by atoms with Gasteiger partial charge in [-0.3, -0.25) is 5.32 Å². The molecule has 0 fully saturated rings. The standard InChI is InChI=1S/C11H16N2O2/c1-3-15-11(14)13-10-6-4-5-9(7-10)8(2)12/h4-8H,3,12H2,1-2H3,(H,13,14). The van der Waals surface area contributed by atoms with E-state index in [0.717, 1.165) is 5.56 Å². The van der Waals surface area contributed by atoms with E-state index in [2.05, 4.69) is 5.32 Å². The summed E-state index contributed by atoms with van der Waals surface area (Å²) in [5.74, 6) is 0. The van der Waals surface area contributed by atoms with Gasteiger partial charge in [0.25, 0.3) is 0 Å². The third kappa shape index (κ3) is 3.59. The number of amides is 1. The van der Waals surface area contributed by atoms with Crippen LogP contribution in [0.5, 0.6) is 0 Å². The second-order valence-corrected chi connectivity index (χ2v) is 3.26. The van der Waals surface area contributed by atoms with Crippen LogP contribution in [0.2, 0.25) is 0 Å². The van der Waals surface area contributed by atoms with Crippen molar-refractivity contribution in [1.82, 2.24) is 0 Å². The molecule has 1 aromatic rings. The lowest BCUT2D eigenvalue weighted by Crippen LogP contribution is -2.14. The van der Waals surface area contributed by atoms with Gasteiger partial charge in [0.2, 0.25) is 0 Å². The summed E-state index contributed by atoms with van der Waals surface area (Å²) in [4.78, 5) is 11.1. The Morgan fingerprint density at radius 2 is 2.33 bits per heavy atom. The number of anilines is 1. The number of ether oxygens (including phenoxy) is 1. The highest BCUT2D eigenvalue weighted by Gasteiger charge is 2.04. The van der Waals surface area contributed by atoms with Gasteiger partial charge in [0.15, 0.2) is 0 Å². The molecule has 0 saturated heterocycles.